The molecule has 1 aliphatic carbocycles. The fourth-order valence-electron chi connectivity index (χ4n) is 1.52. The molecule has 1 aromatic heterocycles. The Bertz CT molecular complexity index is 516. The molecule has 2 heteroatoms. The van der Waals surface area contributed by atoms with Crippen LogP contribution in [0.2, 0.25) is 0 Å². The fourth-order valence-corrected chi connectivity index (χ4v) is 2.56. The molecule has 1 aliphatic rings. The molecule has 0 saturated heterocycles. The highest BCUT2D eigenvalue weighted by Gasteiger charge is 2.11. The third kappa shape index (κ3) is 1.46. The Morgan fingerprint density at radius 2 is 2.07 bits per heavy atom. The Morgan fingerprint density at radius 3 is 2.86 bits per heavy atom. The molecule has 0 unspecified atom stereocenters. The van der Waals surface area contributed by atoms with Gasteiger partial charge in [0.05, 0.1) is 0 Å². The molecule has 70 valence electrons. The van der Waals surface area contributed by atoms with Crippen molar-refractivity contribution in [3.63, 3.8) is 0 Å². The van der Waals surface area contributed by atoms with Crippen molar-refractivity contribution in [3.05, 3.63) is 40.5 Å². The molecule has 2 aromatic rings. The van der Waals surface area contributed by atoms with Crippen molar-refractivity contribution in [2.75, 3.05) is 0 Å². The summed E-state index contributed by atoms with van der Waals surface area (Å²) in [5.74, 6) is -0.152. The van der Waals surface area contributed by atoms with Gasteiger partial charge in [-0.15, -0.1) is 11.3 Å². The molecule has 1 heterocycles. The topological polar surface area (TPSA) is 0 Å². The van der Waals surface area contributed by atoms with Crippen LogP contribution in [0.5, 0.6) is 0 Å². The summed E-state index contributed by atoms with van der Waals surface area (Å²) in [5.41, 5.74) is 1.51. The van der Waals surface area contributed by atoms with Gasteiger partial charge in [0.25, 0.3) is 0 Å². The molecule has 3 rings (SSSR count). The Kier molecular flexibility index (Phi) is 1.71. The van der Waals surface area contributed by atoms with Gasteiger partial charge in [-0.05, 0) is 48.6 Å². The van der Waals surface area contributed by atoms with Gasteiger partial charge in [-0.3, -0.25) is 0 Å². The predicted octanol–water partition coefficient (Wildman–Crippen LogP) is 4.22. The average molecular weight is 204 g/mol. The standard InChI is InChI=1S/C12H9FS/c13-10-3-4-12-9(6-10)7-11(14-12)5-8-1-2-8/h3-7H,1-2H2. The van der Waals surface area contributed by atoms with Crippen LogP contribution >= 0.6 is 11.3 Å². The highest BCUT2D eigenvalue weighted by Crippen LogP contribution is 2.34. The van der Waals surface area contributed by atoms with Crippen molar-refractivity contribution in [1.82, 2.24) is 0 Å². The van der Waals surface area contributed by atoms with Gasteiger partial charge in [-0.1, -0.05) is 5.57 Å². The zero-order valence-electron chi connectivity index (χ0n) is 7.59. The summed E-state index contributed by atoms with van der Waals surface area (Å²) >= 11 is 1.73. The Hall–Kier alpha value is -1.15. The molecule has 1 fully saturated rings. The SMILES string of the molecule is Fc1ccc2sc(C=C3CC3)cc2c1. The van der Waals surface area contributed by atoms with E-state index in [1.54, 1.807) is 17.4 Å². The van der Waals surface area contributed by atoms with Crippen molar-refractivity contribution in [3.8, 4) is 0 Å². The van der Waals surface area contributed by atoms with Crippen LogP contribution in [0.3, 0.4) is 0 Å². The van der Waals surface area contributed by atoms with E-state index >= 15 is 0 Å². The first-order valence-electron chi connectivity index (χ1n) is 4.70. The first kappa shape index (κ1) is 8.18. The molecule has 0 nitrogen and oxygen atoms in total. The first-order chi connectivity index (χ1) is 6.81. The fraction of sp³-hybridized carbons (Fsp3) is 0.167. The van der Waals surface area contributed by atoms with E-state index in [-0.39, 0.29) is 5.82 Å². The number of benzene rings is 1. The van der Waals surface area contributed by atoms with Gasteiger partial charge in [-0.25, -0.2) is 4.39 Å². The number of hydrogen-bond acceptors (Lipinski definition) is 1. The van der Waals surface area contributed by atoms with Crippen molar-refractivity contribution in [2.24, 2.45) is 0 Å². The molecule has 0 atom stereocenters. The second kappa shape index (κ2) is 2.92. The Labute approximate surface area is 85.7 Å². The van der Waals surface area contributed by atoms with Gasteiger partial charge in [0.2, 0.25) is 0 Å². The van der Waals surface area contributed by atoms with E-state index < -0.39 is 0 Å². The van der Waals surface area contributed by atoms with Gasteiger partial charge in [0.15, 0.2) is 0 Å². The Balaban J connectivity index is 2.14. The van der Waals surface area contributed by atoms with Crippen molar-refractivity contribution in [2.45, 2.75) is 12.8 Å². The summed E-state index contributed by atoms with van der Waals surface area (Å²) in [4.78, 5) is 1.25. The second-order valence-corrected chi connectivity index (χ2v) is 4.75. The van der Waals surface area contributed by atoms with Crippen LogP contribution in [0.4, 0.5) is 4.39 Å². The van der Waals surface area contributed by atoms with Crippen molar-refractivity contribution in [1.29, 1.82) is 0 Å². The van der Waals surface area contributed by atoms with E-state index in [0.29, 0.717) is 0 Å². The number of allylic oxidation sites excluding steroid dienone is 1. The highest BCUT2D eigenvalue weighted by molar-refractivity contribution is 7.19. The summed E-state index contributed by atoms with van der Waals surface area (Å²) in [6, 6.07) is 7.03. The summed E-state index contributed by atoms with van der Waals surface area (Å²) in [6.45, 7) is 0. The quantitative estimate of drug-likeness (QED) is 0.652. The predicted molar refractivity (Wildman–Crippen MR) is 59.0 cm³/mol. The van der Waals surface area contributed by atoms with E-state index in [2.05, 4.69) is 12.1 Å². The largest absolute Gasteiger partial charge is 0.207 e. The molecule has 1 aromatic carbocycles. The molecule has 0 spiro atoms. The summed E-state index contributed by atoms with van der Waals surface area (Å²) in [5, 5.41) is 1.02. The normalized spacial score (nSPS) is 14.8. The van der Waals surface area contributed by atoms with Gasteiger partial charge in [0.1, 0.15) is 5.82 Å². The number of thiophene rings is 1. The van der Waals surface area contributed by atoms with Crippen LogP contribution in [-0.4, -0.2) is 0 Å². The van der Waals surface area contributed by atoms with E-state index in [0.717, 1.165) is 5.39 Å². The number of hydrogen-bond donors (Lipinski definition) is 0. The maximum Gasteiger partial charge on any atom is 0.123 e. The molecule has 1 saturated carbocycles. The van der Waals surface area contributed by atoms with Crippen LogP contribution in [0, 0.1) is 5.82 Å². The number of fused-ring (bicyclic) bond motifs is 1. The molecule has 0 aliphatic heterocycles. The van der Waals surface area contributed by atoms with E-state index in [9.17, 15) is 4.39 Å². The van der Waals surface area contributed by atoms with E-state index in [1.807, 2.05) is 6.07 Å². The van der Waals surface area contributed by atoms with E-state index in [4.69, 9.17) is 0 Å². The van der Waals surface area contributed by atoms with Crippen molar-refractivity contribution >= 4 is 27.5 Å². The maximum atomic E-state index is 12.9. The minimum absolute atomic E-state index is 0.152. The monoisotopic (exact) mass is 204 g/mol. The molecule has 0 N–H and O–H groups in total. The van der Waals surface area contributed by atoms with Gasteiger partial charge in [0, 0.05) is 9.58 Å². The molecule has 0 radical (unpaired) electrons. The third-order valence-corrected chi connectivity index (χ3v) is 3.45. The number of halogens is 1. The highest BCUT2D eigenvalue weighted by atomic mass is 32.1. The van der Waals surface area contributed by atoms with Crippen LogP contribution in [-0.2, 0) is 0 Å². The summed E-state index contributed by atoms with van der Waals surface area (Å²) in [7, 11) is 0. The van der Waals surface area contributed by atoms with Gasteiger partial charge in [-0.2, -0.15) is 0 Å². The third-order valence-electron chi connectivity index (χ3n) is 2.38. The lowest BCUT2D eigenvalue weighted by Gasteiger charge is -1.86. The van der Waals surface area contributed by atoms with Crippen LogP contribution in [0.25, 0.3) is 16.2 Å². The zero-order valence-corrected chi connectivity index (χ0v) is 8.40. The molecular weight excluding hydrogens is 195 g/mol. The first-order valence-corrected chi connectivity index (χ1v) is 5.51. The lowest BCUT2D eigenvalue weighted by molar-refractivity contribution is 0.630. The summed E-state index contributed by atoms with van der Waals surface area (Å²) in [6.07, 6.45) is 4.70. The molecule has 14 heavy (non-hydrogen) atoms. The Morgan fingerprint density at radius 1 is 1.21 bits per heavy atom. The maximum absolute atomic E-state index is 12.9. The van der Waals surface area contributed by atoms with Gasteiger partial charge < -0.3 is 0 Å². The molecular formula is C12H9FS. The van der Waals surface area contributed by atoms with Crippen LogP contribution < -0.4 is 0 Å². The van der Waals surface area contributed by atoms with Crippen molar-refractivity contribution < 1.29 is 4.39 Å². The lowest BCUT2D eigenvalue weighted by atomic mass is 10.2. The molecule has 0 amide bonds. The lowest BCUT2D eigenvalue weighted by Crippen LogP contribution is -1.68. The van der Waals surface area contributed by atoms with E-state index in [1.165, 1.54) is 34.1 Å². The minimum Gasteiger partial charge on any atom is -0.207 e. The number of rotatable bonds is 1. The average Bonchev–Trinajstić information content (AvgIpc) is 2.84. The van der Waals surface area contributed by atoms with Crippen LogP contribution in [0.15, 0.2) is 29.8 Å². The summed E-state index contributed by atoms with van der Waals surface area (Å²) < 4.78 is 14.1. The second-order valence-electron chi connectivity index (χ2n) is 3.63. The molecule has 0 bridgehead atoms. The smallest absolute Gasteiger partial charge is 0.123 e. The zero-order chi connectivity index (χ0) is 9.54. The minimum atomic E-state index is -0.152. The van der Waals surface area contributed by atoms with Gasteiger partial charge >= 0.3 is 0 Å². The van der Waals surface area contributed by atoms with Crippen LogP contribution in [0.1, 0.15) is 17.7 Å².